The number of hydrogen-bond acceptors (Lipinski definition) is 2. The lowest BCUT2D eigenvalue weighted by atomic mass is 10.1. The van der Waals surface area contributed by atoms with Crippen molar-refractivity contribution in [1.82, 2.24) is 5.32 Å². The SMILES string of the molecule is COc1ccc(CNC(=O)/C=C/c2cccc(C)c2)cc1. The topological polar surface area (TPSA) is 38.3 Å². The van der Waals surface area contributed by atoms with Crippen molar-refractivity contribution < 1.29 is 9.53 Å². The highest BCUT2D eigenvalue weighted by molar-refractivity contribution is 5.91. The molecule has 0 saturated carbocycles. The number of benzene rings is 2. The zero-order chi connectivity index (χ0) is 15.1. The largest absolute Gasteiger partial charge is 0.497 e. The van der Waals surface area contributed by atoms with Gasteiger partial charge in [-0.05, 0) is 36.3 Å². The third-order valence-electron chi connectivity index (χ3n) is 3.10. The fraction of sp³-hybridized carbons (Fsp3) is 0.167. The average Bonchev–Trinajstić information content (AvgIpc) is 2.51. The van der Waals surface area contributed by atoms with E-state index in [1.807, 2.05) is 61.5 Å². The molecule has 0 spiro atoms. The van der Waals surface area contributed by atoms with E-state index in [1.54, 1.807) is 13.2 Å². The monoisotopic (exact) mass is 281 g/mol. The molecule has 0 saturated heterocycles. The van der Waals surface area contributed by atoms with Gasteiger partial charge < -0.3 is 10.1 Å². The fourth-order valence-electron chi connectivity index (χ4n) is 1.94. The van der Waals surface area contributed by atoms with E-state index in [4.69, 9.17) is 4.74 Å². The first-order valence-electron chi connectivity index (χ1n) is 6.83. The van der Waals surface area contributed by atoms with Crippen LogP contribution in [0.3, 0.4) is 0 Å². The van der Waals surface area contributed by atoms with E-state index in [0.717, 1.165) is 16.9 Å². The summed E-state index contributed by atoms with van der Waals surface area (Å²) in [6, 6.07) is 15.6. The van der Waals surface area contributed by atoms with Crippen LogP contribution in [0, 0.1) is 6.92 Å². The van der Waals surface area contributed by atoms with Gasteiger partial charge in [-0.25, -0.2) is 0 Å². The highest BCUT2D eigenvalue weighted by Gasteiger charge is 1.98. The van der Waals surface area contributed by atoms with Crippen LogP contribution in [-0.2, 0) is 11.3 Å². The first-order chi connectivity index (χ1) is 10.2. The Labute approximate surface area is 125 Å². The Morgan fingerprint density at radius 3 is 2.62 bits per heavy atom. The van der Waals surface area contributed by atoms with Crippen molar-refractivity contribution in [2.24, 2.45) is 0 Å². The number of aryl methyl sites for hydroxylation is 1. The molecule has 2 aromatic carbocycles. The molecule has 1 amide bonds. The van der Waals surface area contributed by atoms with Crippen molar-refractivity contribution in [2.75, 3.05) is 7.11 Å². The number of ether oxygens (including phenoxy) is 1. The number of carbonyl (C=O) groups is 1. The maximum Gasteiger partial charge on any atom is 0.244 e. The van der Waals surface area contributed by atoms with Crippen molar-refractivity contribution in [1.29, 1.82) is 0 Å². The van der Waals surface area contributed by atoms with Gasteiger partial charge in [-0.1, -0.05) is 42.0 Å². The van der Waals surface area contributed by atoms with Gasteiger partial charge in [0.25, 0.3) is 0 Å². The Balaban J connectivity index is 1.86. The van der Waals surface area contributed by atoms with E-state index in [1.165, 1.54) is 5.56 Å². The van der Waals surface area contributed by atoms with E-state index < -0.39 is 0 Å². The van der Waals surface area contributed by atoms with Gasteiger partial charge in [0.05, 0.1) is 7.11 Å². The number of hydrogen-bond donors (Lipinski definition) is 1. The quantitative estimate of drug-likeness (QED) is 0.854. The number of carbonyl (C=O) groups excluding carboxylic acids is 1. The highest BCUT2D eigenvalue weighted by atomic mass is 16.5. The number of nitrogens with one attached hydrogen (secondary N) is 1. The Morgan fingerprint density at radius 2 is 1.95 bits per heavy atom. The lowest BCUT2D eigenvalue weighted by Gasteiger charge is -2.04. The van der Waals surface area contributed by atoms with E-state index in [0.29, 0.717) is 6.54 Å². The van der Waals surface area contributed by atoms with Crippen LogP contribution in [-0.4, -0.2) is 13.0 Å². The lowest BCUT2D eigenvalue weighted by Crippen LogP contribution is -2.20. The van der Waals surface area contributed by atoms with Crippen molar-refractivity contribution in [2.45, 2.75) is 13.5 Å². The molecule has 0 aliphatic carbocycles. The number of rotatable bonds is 5. The second kappa shape index (κ2) is 7.29. The summed E-state index contributed by atoms with van der Waals surface area (Å²) in [7, 11) is 1.63. The minimum Gasteiger partial charge on any atom is -0.497 e. The molecule has 0 aliphatic heterocycles. The minimum absolute atomic E-state index is 0.104. The second-order valence-corrected chi connectivity index (χ2v) is 4.81. The van der Waals surface area contributed by atoms with Crippen LogP contribution >= 0.6 is 0 Å². The first kappa shape index (κ1) is 14.9. The van der Waals surface area contributed by atoms with Crippen LogP contribution < -0.4 is 10.1 Å². The lowest BCUT2D eigenvalue weighted by molar-refractivity contribution is -0.116. The van der Waals surface area contributed by atoms with E-state index in [-0.39, 0.29) is 5.91 Å². The highest BCUT2D eigenvalue weighted by Crippen LogP contribution is 2.11. The molecule has 1 N–H and O–H groups in total. The number of amides is 1. The third-order valence-corrected chi connectivity index (χ3v) is 3.10. The van der Waals surface area contributed by atoms with Crippen LogP contribution in [0.25, 0.3) is 6.08 Å². The van der Waals surface area contributed by atoms with Crippen LogP contribution in [0.2, 0.25) is 0 Å². The first-order valence-corrected chi connectivity index (χ1v) is 6.83. The molecule has 0 radical (unpaired) electrons. The second-order valence-electron chi connectivity index (χ2n) is 4.81. The average molecular weight is 281 g/mol. The molecule has 21 heavy (non-hydrogen) atoms. The van der Waals surface area contributed by atoms with Gasteiger partial charge in [-0.2, -0.15) is 0 Å². The van der Waals surface area contributed by atoms with Gasteiger partial charge in [0.2, 0.25) is 5.91 Å². The van der Waals surface area contributed by atoms with Crippen LogP contribution in [0.15, 0.2) is 54.6 Å². The summed E-state index contributed by atoms with van der Waals surface area (Å²) in [5, 5.41) is 2.85. The molecule has 3 heteroatoms. The smallest absolute Gasteiger partial charge is 0.244 e. The summed E-state index contributed by atoms with van der Waals surface area (Å²) < 4.78 is 5.09. The summed E-state index contributed by atoms with van der Waals surface area (Å²) in [6.07, 6.45) is 3.37. The molecule has 0 fully saturated rings. The molecule has 2 rings (SSSR count). The summed E-state index contributed by atoms with van der Waals surface area (Å²) in [6.45, 7) is 2.53. The zero-order valence-electron chi connectivity index (χ0n) is 12.3. The molecule has 0 atom stereocenters. The van der Waals surface area contributed by atoms with E-state index in [9.17, 15) is 4.79 Å². The molecule has 0 unspecified atom stereocenters. The Kier molecular flexibility index (Phi) is 5.16. The third kappa shape index (κ3) is 4.80. The molecule has 0 aliphatic rings. The van der Waals surface area contributed by atoms with E-state index >= 15 is 0 Å². The van der Waals surface area contributed by atoms with Gasteiger partial charge in [0.1, 0.15) is 5.75 Å². The molecule has 0 aromatic heterocycles. The van der Waals surface area contributed by atoms with Gasteiger partial charge >= 0.3 is 0 Å². The molecule has 108 valence electrons. The van der Waals surface area contributed by atoms with Crippen LogP contribution in [0.4, 0.5) is 0 Å². The van der Waals surface area contributed by atoms with Gasteiger partial charge in [0, 0.05) is 12.6 Å². The predicted molar refractivity (Wildman–Crippen MR) is 85.1 cm³/mol. The summed E-state index contributed by atoms with van der Waals surface area (Å²) in [5.74, 6) is 0.705. The predicted octanol–water partition coefficient (Wildman–Crippen LogP) is 3.33. The molecular formula is C18H19NO2. The van der Waals surface area contributed by atoms with Crippen molar-refractivity contribution in [3.63, 3.8) is 0 Å². The minimum atomic E-state index is -0.104. The van der Waals surface area contributed by atoms with E-state index in [2.05, 4.69) is 5.32 Å². The van der Waals surface area contributed by atoms with Crippen LogP contribution in [0.1, 0.15) is 16.7 Å². The summed E-state index contributed by atoms with van der Waals surface area (Å²) >= 11 is 0. The molecule has 3 nitrogen and oxygen atoms in total. The standard InChI is InChI=1S/C18H19NO2/c1-14-4-3-5-15(12-14)8-11-18(20)19-13-16-6-9-17(21-2)10-7-16/h3-12H,13H2,1-2H3,(H,19,20)/b11-8+. The maximum absolute atomic E-state index is 11.8. The molecule has 2 aromatic rings. The van der Waals surface area contributed by atoms with Gasteiger partial charge in [-0.3, -0.25) is 4.79 Å². The maximum atomic E-state index is 11.8. The Hall–Kier alpha value is -2.55. The van der Waals surface area contributed by atoms with Gasteiger partial charge in [0.15, 0.2) is 0 Å². The zero-order valence-corrected chi connectivity index (χ0v) is 12.3. The van der Waals surface area contributed by atoms with Crippen LogP contribution in [0.5, 0.6) is 5.75 Å². The Bertz CT molecular complexity index is 630. The molecule has 0 heterocycles. The normalized spacial score (nSPS) is 10.6. The van der Waals surface area contributed by atoms with Crippen molar-refractivity contribution in [3.8, 4) is 5.75 Å². The molecular weight excluding hydrogens is 262 g/mol. The van der Waals surface area contributed by atoms with Gasteiger partial charge in [-0.15, -0.1) is 0 Å². The van der Waals surface area contributed by atoms with Crippen molar-refractivity contribution in [3.05, 3.63) is 71.3 Å². The number of methoxy groups -OCH3 is 1. The fourth-order valence-corrected chi connectivity index (χ4v) is 1.94. The Morgan fingerprint density at radius 1 is 1.19 bits per heavy atom. The molecule has 0 bridgehead atoms. The summed E-state index contributed by atoms with van der Waals surface area (Å²) in [5.41, 5.74) is 3.23. The van der Waals surface area contributed by atoms with Crippen molar-refractivity contribution >= 4 is 12.0 Å². The summed E-state index contributed by atoms with van der Waals surface area (Å²) in [4.78, 5) is 11.8.